The van der Waals surface area contributed by atoms with Crippen molar-refractivity contribution in [1.29, 1.82) is 0 Å². The number of rotatable bonds is 1. The summed E-state index contributed by atoms with van der Waals surface area (Å²) in [5.41, 5.74) is 0. The van der Waals surface area contributed by atoms with Gasteiger partial charge in [0.15, 0.2) is 0 Å². The van der Waals surface area contributed by atoms with Gasteiger partial charge in [-0.25, -0.2) is 0 Å². The monoisotopic (exact) mass is 166 g/mol. The molecule has 3 saturated heterocycles. The number of aliphatic hydroxyl groups excluding tert-OH is 1. The molecule has 2 bridgehead atoms. The predicted molar refractivity (Wildman–Crippen MR) is 46.6 cm³/mol. The third kappa shape index (κ3) is 1.14. The zero-order valence-electron chi connectivity index (χ0n) is 7.29. The van der Waals surface area contributed by atoms with Crippen molar-refractivity contribution in [1.82, 2.24) is 0 Å². The van der Waals surface area contributed by atoms with Crippen LogP contribution in [0.1, 0.15) is 12.8 Å². The van der Waals surface area contributed by atoms with E-state index >= 15 is 0 Å². The largest absolute Gasteiger partial charge is 0.390 e. The van der Waals surface area contributed by atoms with Crippen LogP contribution in [0.3, 0.4) is 0 Å². The minimum Gasteiger partial charge on any atom is -0.390 e. The van der Waals surface area contributed by atoms with Crippen molar-refractivity contribution in [2.24, 2.45) is 11.8 Å². The summed E-state index contributed by atoms with van der Waals surface area (Å²) in [5, 5.41) is 9.10. The summed E-state index contributed by atoms with van der Waals surface area (Å²) in [6.07, 6.45) is 7.86. The van der Waals surface area contributed by atoms with Crippen molar-refractivity contribution in [2.75, 3.05) is 19.7 Å². The first-order valence-corrected chi connectivity index (χ1v) is 4.76. The molecule has 2 N–H and O–H groups in total. The zero-order valence-corrected chi connectivity index (χ0v) is 7.29. The van der Waals surface area contributed by atoms with E-state index in [-0.39, 0.29) is 0 Å². The maximum absolute atomic E-state index is 9.10. The van der Waals surface area contributed by atoms with Gasteiger partial charge in [-0.3, -0.25) is 0 Å². The molecule has 0 spiro atoms. The molecule has 2 heteroatoms. The van der Waals surface area contributed by atoms with Gasteiger partial charge in [0.2, 0.25) is 0 Å². The highest BCUT2D eigenvalue weighted by Gasteiger charge is 2.42. The molecule has 3 aliphatic rings. The number of terminal acetylenes is 1. The van der Waals surface area contributed by atoms with Gasteiger partial charge in [-0.05, 0) is 5.92 Å². The molecule has 0 amide bonds. The summed E-state index contributed by atoms with van der Waals surface area (Å²) in [6.45, 7) is 2.64. The van der Waals surface area contributed by atoms with Crippen molar-refractivity contribution in [3.63, 3.8) is 0 Å². The highest BCUT2D eigenvalue weighted by molar-refractivity contribution is 4.99. The lowest BCUT2D eigenvalue weighted by Gasteiger charge is -2.44. The molecule has 0 radical (unpaired) electrons. The van der Waals surface area contributed by atoms with Crippen LogP contribution in [0.25, 0.3) is 0 Å². The molecular formula is C10H16NO+. The summed E-state index contributed by atoms with van der Waals surface area (Å²) in [5.74, 6) is 4.06. The van der Waals surface area contributed by atoms with Crippen molar-refractivity contribution in [3.8, 4) is 12.3 Å². The number of piperidine rings is 3. The lowest BCUT2D eigenvalue weighted by molar-refractivity contribution is -0.945. The Kier molecular flexibility index (Phi) is 2.08. The third-order valence-electron chi connectivity index (χ3n) is 3.49. The summed E-state index contributed by atoms with van der Waals surface area (Å²) >= 11 is 0. The topological polar surface area (TPSA) is 24.7 Å². The molecular weight excluding hydrogens is 150 g/mol. The average Bonchev–Trinajstić information content (AvgIpc) is 2.18. The standard InChI is InChI=1S/C10H15NO/c1-2-8-6-11-4-3-9(8)5-10(11)7-12/h1,8-10,12H,3-7H2/p+1/t8-,9-,10+/m0/s1. The van der Waals surface area contributed by atoms with Crippen LogP contribution in [0.2, 0.25) is 0 Å². The van der Waals surface area contributed by atoms with Crippen LogP contribution in [0.5, 0.6) is 0 Å². The Morgan fingerprint density at radius 1 is 1.58 bits per heavy atom. The first-order chi connectivity index (χ1) is 5.85. The maximum atomic E-state index is 9.10. The van der Waals surface area contributed by atoms with E-state index in [1.165, 1.54) is 17.9 Å². The number of hydrogen-bond acceptors (Lipinski definition) is 1. The quantitative estimate of drug-likeness (QED) is 0.475. The van der Waals surface area contributed by atoms with E-state index < -0.39 is 0 Å². The van der Waals surface area contributed by atoms with Crippen LogP contribution in [-0.2, 0) is 0 Å². The number of aliphatic hydroxyl groups is 1. The highest BCUT2D eigenvalue weighted by Crippen LogP contribution is 2.25. The lowest BCUT2D eigenvalue weighted by atomic mass is 9.76. The molecule has 0 aliphatic carbocycles. The highest BCUT2D eigenvalue weighted by atomic mass is 16.3. The van der Waals surface area contributed by atoms with Gasteiger partial charge in [-0.2, -0.15) is 0 Å². The van der Waals surface area contributed by atoms with E-state index in [1.807, 2.05) is 0 Å². The van der Waals surface area contributed by atoms with Crippen molar-refractivity contribution < 1.29 is 10.0 Å². The van der Waals surface area contributed by atoms with E-state index in [0.29, 0.717) is 24.5 Å². The molecule has 1 unspecified atom stereocenters. The Morgan fingerprint density at radius 3 is 2.92 bits per heavy atom. The molecule has 3 rings (SSSR count). The van der Waals surface area contributed by atoms with E-state index in [2.05, 4.69) is 5.92 Å². The third-order valence-corrected chi connectivity index (χ3v) is 3.49. The number of quaternary nitrogens is 1. The molecule has 2 nitrogen and oxygen atoms in total. The van der Waals surface area contributed by atoms with Crippen LogP contribution in [-0.4, -0.2) is 30.8 Å². The first kappa shape index (κ1) is 8.10. The van der Waals surface area contributed by atoms with Gasteiger partial charge in [-0.1, -0.05) is 5.92 Å². The van der Waals surface area contributed by atoms with Gasteiger partial charge < -0.3 is 10.0 Å². The summed E-state index contributed by atoms with van der Waals surface area (Å²) in [6, 6.07) is 0.480. The van der Waals surface area contributed by atoms with Gasteiger partial charge in [0.25, 0.3) is 0 Å². The van der Waals surface area contributed by atoms with Crippen molar-refractivity contribution >= 4 is 0 Å². The second-order valence-electron chi connectivity index (χ2n) is 4.05. The van der Waals surface area contributed by atoms with Crippen LogP contribution in [0.4, 0.5) is 0 Å². The molecule has 0 aromatic heterocycles. The molecule has 0 aromatic carbocycles. The van der Waals surface area contributed by atoms with E-state index in [1.54, 1.807) is 0 Å². The minimum atomic E-state index is 0.336. The average molecular weight is 166 g/mol. The van der Waals surface area contributed by atoms with Crippen molar-refractivity contribution in [2.45, 2.75) is 18.9 Å². The fourth-order valence-corrected chi connectivity index (χ4v) is 2.71. The van der Waals surface area contributed by atoms with Gasteiger partial charge in [0.05, 0.1) is 25.6 Å². The number of hydrogen-bond donors (Lipinski definition) is 2. The molecule has 0 aromatic rings. The Balaban J connectivity index is 2.07. The van der Waals surface area contributed by atoms with Crippen LogP contribution in [0.15, 0.2) is 0 Å². The predicted octanol–water partition coefficient (Wildman–Crippen LogP) is -1.09. The van der Waals surface area contributed by atoms with Gasteiger partial charge in [-0.15, -0.1) is 6.42 Å². The summed E-state index contributed by atoms with van der Waals surface area (Å²) in [7, 11) is 0. The normalized spacial score (nSPS) is 45.7. The van der Waals surface area contributed by atoms with E-state index in [4.69, 9.17) is 11.5 Å². The minimum absolute atomic E-state index is 0.336. The Hall–Kier alpha value is -0.520. The van der Waals surface area contributed by atoms with E-state index in [0.717, 1.165) is 13.0 Å². The Morgan fingerprint density at radius 2 is 2.42 bits per heavy atom. The molecule has 3 heterocycles. The molecule has 3 aliphatic heterocycles. The molecule has 0 saturated carbocycles. The summed E-state index contributed by atoms with van der Waals surface area (Å²) in [4.78, 5) is 1.53. The molecule has 4 atom stereocenters. The number of nitrogens with one attached hydrogen (secondary N) is 1. The smallest absolute Gasteiger partial charge is 0.111 e. The van der Waals surface area contributed by atoms with E-state index in [9.17, 15) is 0 Å². The second kappa shape index (κ2) is 3.08. The van der Waals surface area contributed by atoms with Crippen LogP contribution in [0, 0.1) is 24.2 Å². The van der Waals surface area contributed by atoms with Crippen molar-refractivity contribution in [3.05, 3.63) is 0 Å². The summed E-state index contributed by atoms with van der Waals surface area (Å²) < 4.78 is 0. The Bertz CT molecular complexity index is 208. The number of fused-ring (bicyclic) bond motifs is 3. The van der Waals surface area contributed by atoms with Gasteiger partial charge in [0.1, 0.15) is 6.04 Å². The zero-order chi connectivity index (χ0) is 8.55. The fourth-order valence-electron chi connectivity index (χ4n) is 2.71. The first-order valence-electron chi connectivity index (χ1n) is 4.76. The lowest BCUT2D eigenvalue weighted by Crippen LogP contribution is -3.20. The maximum Gasteiger partial charge on any atom is 0.111 e. The molecule has 12 heavy (non-hydrogen) atoms. The fraction of sp³-hybridized carbons (Fsp3) is 0.800. The van der Waals surface area contributed by atoms with Gasteiger partial charge >= 0.3 is 0 Å². The Labute approximate surface area is 73.6 Å². The SMILES string of the molecule is C#C[C@H]1C[NH+]2CC[C@H]1C[C@@H]2CO. The molecule has 3 fully saturated rings. The van der Waals surface area contributed by atoms with Crippen LogP contribution >= 0.6 is 0 Å². The second-order valence-corrected chi connectivity index (χ2v) is 4.05. The van der Waals surface area contributed by atoms with Gasteiger partial charge in [0, 0.05) is 12.8 Å². The molecule has 66 valence electrons. The van der Waals surface area contributed by atoms with Crippen LogP contribution < -0.4 is 4.90 Å².